The fourth-order valence-electron chi connectivity index (χ4n) is 1.52. The molecule has 0 saturated carbocycles. The van der Waals surface area contributed by atoms with Crippen molar-refractivity contribution in [2.75, 3.05) is 0 Å². The summed E-state index contributed by atoms with van der Waals surface area (Å²) in [4.78, 5) is 8.51. The molecule has 0 unspecified atom stereocenters. The van der Waals surface area contributed by atoms with Gasteiger partial charge in [0, 0.05) is 5.56 Å². The van der Waals surface area contributed by atoms with E-state index in [1.54, 1.807) is 6.07 Å². The van der Waals surface area contributed by atoms with Crippen molar-refractivity contribution < 1.29 is 4.39 Å². The van der Waals surface area contributed by atoms with E-state index in [4.69, 9.17) is 11.6 Å². The number of benzene rings is 1. The van der Waals surface area contributed by atoms with Gasteiger partial charge in [0.2, 0.25) is 0 Å². The highest BCUT2D eigenvalue weighted by Crippen LogP contribution is 2.27. The molecule has 1 aromatic heterocycles. The summed E-state index contributed by atoms with van der Waals surface area (Å²) in [6.07, 6.45) is 0. The topological polar surface area (TPSA) is 25.8 Å². The number of rotatable bonds is 1. The molecule has 1 aromatic carbocycles. The molecule has 0 radical (unpaired) electrons. The van der Waals surface area contributed by atoms with Crippen LogP contribution in [0.25, 0.3) is 11.4 Å². The van der Waals surface area contributed by atoms with E-state index in [9.17, 15) is 4.39 Å². The quantitative estimate of drug-likeness (QED) is 0.733. The summed E-state index contributed by atoms with van der Waals surface area (Å²) in [6, 6.07) is 4.49. The summed E-state index contributed by atoms with van der Waals surface area (Å²) in [6.45, 7) is 3.65. The summed E-state index contributed by atoms with van der Waals surface area (Å²) < 4.78 is 13.7. The summed E-state index contributed by atoms with van der Waals surface area (Å²) in [5, 5.41) is 0.358. The Kier molecular flexibility index (Phi) is 3.45. The van der Waals surface area contributed by atoms with E-state index in [2.05, 4.69) is 25.9 Å². The minimum Gasteiger partial charge on any atom is -0.232 e. The minimum atomic E-state index is -0.272. The Morgan fingerprint density at radius 3 is 2.53 bits per heavy atom. The summed E-state index contributed by atoms with van der Waals surface area (Å²) in [5.74, 6) is 0.236. The van der Waals surface area contributed by atoms with Crippen LogP contribution in [0, 0.1) is 19.7 Å². The van der Waals surface area contributed by atoms with Crippen molar-refractivity contribution in [2.45, 2.75) is 13.8 Å². The van der Waals surface area contributed by atoms with E-state index in [1.807, 2.05) is 13.8 Å². The Hall–Kier alpha value is -1.000. The molecule has 0 saturated heterocycles. The van der Waals surface area contributed by atoms with Gasteiger partial charge in [-0.05, 0) is 53.5 Å². The first-order chi connectivity index (χ1) is 7.99. The van der Waals surface area contributed by atoms with Crippen molar-refractivity contribution >= 4 is 27.5 Å². The van der Waals surface area contributed by atoms with Crippen LogP contribution < -0.4 is 0 Å². The van der Waals surface area contributed by atoms with E-state index < -0.39 is 0 Å². The number of aryl methyl sites for hydroxylation is 2. The van der Waals surface area contributed by atoms with Crippen molar-refractivity contribution in [3.63, 3.8) is 0 Å². The third-order valence-corrected chi connectivity index (χ3v) is 3.86. The number of nitrogens with zero attached hydrogens (tertiary/aromatic N) is 2. The van der Waals surface area contributed by atoms with E-state index in [0.717, 1.165) is 16.8 Å². The average molecular weight is 316 g/mol. The second kappa shape index (κ2) is 4.70. The van der Waals surface area contributed by atoms with Gasteiger partial charge in [-0.1, -0.05) is 11.6 Å². The molecule has 0 bridgehead atoms. The Morgan fingerprint density at radius 1 is 1.24 bits per heavy atom. The maximum absolute atomic E-state index is 13.0. The van der Waals surface area contributed by atoms with Gasteiger partial charge in [-0.2, -0.15) is 0 Å². The number of hydrogen-bond donors (Lipinski definition) is 0. The van der Waals surface area contributed by atoms with Crippen molar-refractivity contribution in [1.82, 2.24) is 9.97 Å². The lowest BCUT2D eigenvalue weighted by molar-refractivity contribution is 0.627. The zero-order chi connectivity index (χ0) is 12.6. The third-order valence-electron chi connectivity index (χ3n) is 2.41. The van der Waals surface area contributed by atoms with Crippen molar-refractivity contribution in [3.8, 4) is 11.4 Å². The SMILES string of the molecule is Cc1cc(F)ccc1-c1nc(C)c(Br)c(Cl)n1. The fourth-order valence-corrected chi connectivity index (χ4v) is 1.92. The van der Waals surface area contributed by atoms with Crippen LogP contribution in [0.15, 0.2) is 22.7 Å². The van der Waals surface area contributed by atoms with Crippen LogP contribution in [-0.2, 0) is 0 Å². The zero-order valence-corrected chi connectivity index (χ0v) is 11.6. The second-order valence-corrected chi connectivity index (χ2v) is 4.85. The molecule has 2 nitrogen and oxygen atoms in total. The van der Waals surface area contributed by atoms with Crippen molar-refractivity contribution in [3.05, 3.63) is 44.9 Å². The molecule has 0 fully saturated rings. The highest BCUT2D eigenvalue weighted by molar-refractivity contribution is 9.10. The van der Waals surface area contributed by atoms with Gasteiger partial charge < -0.3 is 0 Å². The summed E-state index contributed by atoms with van der Waals surface area (Å²) >= 11 is 9.28. The van der Waals surface area contributed by atoms with Gasteiger partial charge in [-0.3, -0.25) is 0 Å². The van der Waals surface area contributed by atoms with Crippen LogP contribution in [0.4, 0.5) is 4.39 Å². The predicted octanol–water partition coefficient (Wildman–Crippen LogP) is 4.32. The van der Waals surface area contributed by atoms with E-state index >= 15 is 0 Å². The second-order valence-electron chi connectivity index (χ2n) is 3.70. The fraction of sp³-hybridized carbons (Fsp3) is 0.167. The van der Waals surface area contributed by atoms with E-state index in [-0.39, 0.29) is 5.82 Å². The lowest BCUT2D eigenvalue weighted by Gasteiger charge is -2.07. The summed E-state index contributed by atoms with van der Waals surface area (Å²) in [7, 11) is 0. The molecule has 0 amide bonds. The Labute approximate surface area is 112 Å². The highest BCUT2D eigenvalue weighted by Gasteiger charge is 2.11. The standard InChI is InChI=1S/C12H9BrClFN2/c1-6-5-8(15)3-4-9(6)12-16-7(2)10(13)11(14)17-12/h3-5H,1-2H3. The van der Waals surface area contributed by atoms with E-state index in [0.29, 0.717) is 15.5 Å². The molecular weight excluding hydrogens is 307 g/mol. The van der Waals surface area contributed by atoms with Crippen LogP contribution in [0.5, 0.6) is 0 Å². The lowest BCUT2D eigenvalue weighted by atomic mass is 10.1. The maximum Gasteiger partial charge on any atom is 0.161 e. The first-order valence-corrected chi connectivity index (χ1v) is 6.12. The van der Waals surface area contributed by atoms with Crippen LogP contribution in [0.3, 0.4) is 0 Å². The van der Waals surface area contributed by atoms with Crippen LogP contribution in [0.1, 0.15) is 11.3 Å². The Balaban J connectivity index is 2.61. The molecule has 0 spiro atoms. The first-order valence-electron chi connectivity index (χ1n) is 4.95. The summed E-state index contributed by atoms with van der Waals surface area (Å²) in [5.41, 5.74) is 2.32. The van der Waals surface area contributed by atoms with Crippen LogP contribution in [0.2, 0.25) is 5.15 Å². The number of aromatic nitrogens is 2. The largest absolute Gasteiger partial charge is 0.232 e. The first kappa shape index (κ1) is 12.5. The normalized spacial score (nSPS) is 10.6. The smallest absolute Gasteiger partial charge is 0.161 e. The Morgan fingerprint density at radius 2 is 1.94 bits per heavy atom. The highest BCUT2D eigenvalue weighted by atomic mass is 79.9. The van der Waals surface area contributed by atoms with Gasteiger partial charge in [0.15, 0.2) is 5.82 Å². The molecular formula is C12H9BrClFN2. The van der Waals surface area contributed by atoms with Gasteiger partial charge in [0.25, 0.3) is 0 Å². The molecule has 0 N–H and O–H groups in total. The molecule has 0 aliphatic carbocycles. The third kappa shape index (κ3) is 2.48. The van der Waals surface area contributed by atoms with Crippen LogP contribution in [-0.4, -0.2) is 9.97 Å². The Bertz CT molecular complexity index is 564. The van der Waals surface area contributed by atoms with Gasteiger partial charge in [-0.25, -0.2) is 14.4 Å². The lowest BCUT2D eigenvalue weighted by Crippen LogP contribution is -1.96. The molecule has 5 heteroatoms. The zero-order valence-electron chi connectivity index (χ0n) is 9.26. The van der Waals surface area contributed by atoms with Gasteiger partial charge in [-0.15, -0.1) is 0 Å². The monoisotopic (exact) mass is 314 g/mol. The predicted molar refractivity (Wildman–Crippen MR) is 69.6 cm³/mol. The molecule has 0 aliphatic rings. The molecule has 0 atom stereocenters. The van der Waals surface area contributed by atoms with Gasteiger partial charge in [0.1, 0.15) is 11.0 Å². The van der Waals surface area contributed by atoms with E-state index in [1.165, 1.54) is 12.1 Å². The molecule has 88 valence electrons. The molecule has 1 heterocycles. The number of halogens is 3. The molecule has 2 rings (SSSR count). The van der Waals surface area contributed by atoms with Crippen molar-refractivity contribution in [2.24, 2.45) is 0 Å². The molecule has 2 aromatic rings. The maximum atomic E-state index is 13.0. The van der Waals surface area contributed by atoms with Crippen LogP contribution >= 0.6 is 27.5 Å². The molecule has 0 aliphatic heterocycles. The number of hydrogen-bond acceptors (Lipinski definition) is 2. The van der Waals surface area contributed by atoms with Gasteiger partial charge in [0.05, 0.1) is 10.2 Å². The minimum absolute atomic E-state index is 0.272. The average Bonchev–Trinajstić information content (AvgIpc) is 2.25. The van der Waals surface area contributed by atoms with Gasteiger partial charge >= 0.3 is 0 Å². The molecule has 17 heavy (non-hydrogen) atoms. The van der Waals surface area contributed by atoms with Crippen molar-refractivity contribution in [1.29, 1.82) is 0 Å².